The lowest BCUT2D eigenvalue weighted by Gasteiger charge is -2.38. The zero-order chi connectivity index (χ0) is 26.8. The lowest BCUT2D eigenvalue weighted by molar-refractivity contribution is -0.0155. The summed E-state index contributed by atoms with van der Waals surface area (Å²) < 4.78 is 60.6. The first-order valence-corrected chi connectivity index (χ1v) is 14.1. The van der Waals surface area contributed by atoms with Crippen LogP contribution in [-0.2, 0) is 22.2 Å². The molecule has 0 unspecified atom stereocenters. The van der Waals surface area contributed by atoms with E-state index in [1.807, 2.05) is 17.6 Å². The molecule has 1 saturated heterocycles. The van der Waals surface area contributed by atoms with E-state index in [9.17, 15) is 13.5 Å². The van der Waals surface area contributed by atoms with E-state index in [1.165, 1.54) is 4.31 Å². The van der Waals surface area contributed by atoms with Crippen LogP contribution in [0.1, 0.15) is 69.5 Å². The van der Waals surface area contributed by atoms with Gasteiger partial charge in [-0.3, -0.25) is 0 Å². The van der Waals surface area contributed by atoms with E-state index < -0.39 is 32.5 Å². The Morgan fingerprint density at radius 2 is 1.81 bits per heavy atom. The summed E-state index contributed by atoms with van der Waals surface area (Å²) in [5, 5.41) is 18.0. The Morgan fingerprint density at radius 3 is 2.46 bits per heavy atom. The zero-order valence-electron chi connectivity index (χ0n) is 21.2. The first kappa shape index (κ1) is 27.3. The first-order chi connectivity index (χ1) is 17.6. The van der Waals surface area contributed by atoms with E-state index in [4.69, 9.17) is 0 Å². The van der Waals surface area contributed by atoms with Crippen LogP contribution in [0.25, 0.3) is 0 Å². The highest BCUT2D eigenvalue weighted by Gasteiger charge is 2.42. The molecule has 1 aromatic carbocycles. The molecule has 1 saturated carbocycles. The maximum atomic E-state index is 15.3. The summed E-state index contributed by atoms with van der Waals surface area (Å²) in [6, 6.07) is 1.78. The zero-order valence-corrected chi connectivity index (χ0v) is 22.0. The van der Waals surface area contributed by atoms with Gasteiger partial charge in [-0.05, 0) is 70.1 Å². The van der Waals surface area contributed by atoms with Crippen molar-refractivity contribution in [3.8, 4) is 0 Å². The van der Waals surface area contributed by atoms with E-state index in [-0.39, 0.29) is 42.6 Å². The molecule has 200 valence electrons. The van der Waals surface area contributed by atoms with Crippen LogP contribution in [0.5, 0.6) is 0 Å². The summed E-state index contributed by atoms with van der Waals surface area (Å²) in [5.74, 6) is -1.47. The number of halogens is 2. The van der Waals surface area contributed by atoms with Gasteiger partial charge in [0.05, 0.1) is 5.60 Å². The second-order valence-electron chi connectivity index (χ2n) is 10.1. The van der Waals surface area contributed by atoms with Crippen LogP contribution in [0.3, 0.4) is 0 Å². The maximum Gasteiger partial charge on any atom is 0.221 e. The van der Waals surface area contributed by atoms with Gasteiger partial charge in [-0.15, -0.1) is 10.2 Å². The molecule has 7 nitrogen and oxygen atoms in total. The summed E-state index contributed by atoms with van der Waals surface area (Å²) in [7, 11) is -3.84. The second-order valence-corrected chi connectivity index (χ2v) is 12.1. The van der Waals surface area contributed by atoms with Crippen molar-refractivity contribution >= 4 is 10.0 Å². The van der Waals surface area contributed by atoms with Crippen LogP contribution in [0.2, 0.25) is 0 Å². The Morgan fingerprint density at radius 1 is 1.14 bits per heavy atom. The Labute approximate surface area is 217 Å². The summed E-state index contributed by atoms with van der Waals surface area (Å²) >= 11 is 0. The minimum atomic E-state index is -3.84. The fraction of sp³-hybridized carbons (Fsp3) is 0.481. The number of aromatic nitrogens is 3. The lowest BCUT2D eigenvalue weighted by atomic mass is 9.77. The highest BCUT2D eigenvalue weighted by molar-refractivity contribution is 7.90. The molecule has 4 rings (SSSR count). The molecule has 0 radical (unpaired) electrons. The molecule has 1 aliphatic heterocycles. The second kappa shape index (κ2) is 11.0. The number of benzene rings is 1. The Bertz CT molecular complexity index is 1280. The molecule has 2 aliphatic rings. The third-order valence-electron chi connectivity index (χ3n) is 7.66. The van der Waals surface area contributed by atoms with Crippen molar-refractivity contribution in [1.29, 1.82) is 0 Å². The van der Waals surface area contributed by atoms with Crippen molar-refractivity contribution < 1.29 is 22.3 Å². The molecular weight excluding hydrogens is 498 g/mol. The number of nitrogens with zero attached hydrogens (tertiary/aromatic N) is 4. The Kier molecular flexibility index (Phi) is 8.11. The van der Waals surface area contributed by atoms with Crippen LogP contribution < -0.4 is 0 Å². The third kappa shape index (κ3) is 5.61. The van der Waals surface area contributed by atoms with E-state index in [2.05, 4.69) is 16.8 Å². The van der Waals surface area contributed by atoms with Crippen molar-refractivity contribution in [2.45, 2.75) is 81.9 Å². The van der Waals surface area contributed by atoms with Gasteiger partial charge in [0, 0.05) is 29.8 Å². The van der Waals surface area contributed by atoms with Crippen molar-refractivity contribution in [2.24, 2.45) is 0 Å². The molecule has 0 bridgehead atoms. The monoisotopic (exact) mass is 532 g/mol. The molecule has 1 aromatic heterocycles. The van der Waals surface area contributed by atoms with Gasteiger partial charge in [-0.2, -0.15) is 4.31 Å². The average molecular weight is 533 g/mol. The first-order valence-electron chi connectivity index (χ1n) is 12.6. The predicted octanol–water partition coefficient (Wildman–Crippen LogP) is 4.93. The van der Waals surface area contributed by atoms with E-state index in [0.29, 0.717) is 31.3 Å². The number of hydrogen-bond donors (Lipinski definition) is 1. The van der Waals surface area contributed by atoms with Crippen LogP contribution in [0.15, 0.2) is 61.2 Å². The van der Waals surface area contributed by atoms with E-state index in [1.54, 1.807) is 37.8 Å². The molecular formula is C27H34F2N4O3S. The van der Waals surface area contributed by atoms with E-state index >= 15 is 8.78 Å². The van der Waals surface area contributed by atoms with E-state index in [0.717, 1.165) is 12.1 Å². The van der Waals surface area contributed by atoms with Gasteiger partial charge in [0.15, 0.2) is 0 Å². The predicted molar refractivity (Wildman–Crippen MR) is 138 cm³/mol. The molecule has 0 amide bonds. The van der Waals surface area contributed by atoms with Gasteiger partial charge in [0.2, 0.25) is 10.0 Å². The van der Waals surface area contributed by atoms with Crippen LogP contribution in [0.4, 0.5) is 8.78 Å². The topological polar surface area (TPSA) is 88.3 Å². The summed E-state index contributed by atoms with van der Waals surface area (Å²) in [6.45, 7) is 7.28. The van der Waals surface area contributed by atoms with Gasteiger partial charge < -0.3 is 9.67 Å². The quantitative estimate of drug-likeness (QED) is 0.511. The average Bonchev–Trinajstić information content (AvgIpc) is 3.39. The van der Waals surface area contributed by atoms with Crippen molar-refractivity contribution in [3.05, 3.63) is 84.0 Å². The fourth-order valence-electron chi connectivity index (χ4n) is 5.40. The molecule has 0 spiro atoms. The minimum Gasteiger partial charge on any atom is -0.385 e. The Hall–Kier alpha value is -2.69. The van der Waals surface area contributed by atoms with Crippen molar-refractivity contribution in [2.75, 3.05) is 0 Å². The number of rotatable bonds is 7. The van der Waals surface area contributed by atoms with Crippen LogP contribution in [-0.4, -0.2) is 43.9 Å². The molecule has 2 atom stereocenters. The highest BCUT2D eigenvalue weighted by atomic mass is 32.2. The minimum absolute atomic E-state index is 0.0610. The normalized spacial score (nSPS) is 28.7. The van der Waals surface area contributed by atoms with Gasteiger partial charge in [-0.25, -0.2) is 17.2 Å². The highest BCUT2D eigenvalue weighted by Crippen LogP contribution is 2.43. The summed E-state index contributed by atoms with van der Waals surface area (Å²) in [5.41, 5.74) is -1.19. The van der Waals surface area contributed by atoms with Crippen LogP contribution >= 0.6 is 0 Å². The maximum absolute atomic E-state index is 15.3. The van der Waals surface area contributed by atoms with Gasteiger partial charge in [0.25, 0.3) is 0 Å². The summed E-state index contributed by atoms with van der Waals surface area (Å²) in [4.78, 5) is 0. The molecule has 37 heavy (non-hydrogen) atoms. The summed E-state index contributed by atoms with van der Waals surface area (Å²) in [6.07, 6.45) is 12.9. The number of hydrogen-bond acceptors (Lipinski definition) is 5. The van der Waals surface area contributed by atoms with Crippen molar-refractivity contribution in [3.63, 3.8) is 0 Å². The molecule has 10 heteroatoms. The van der Waals surface area contributed by atoms with Crippen LogP contribution in [0, 0.1) is 11.6 Å². The fourth-order valence-corrected chi connectivity index (χ4v) is 7.55. The lowest BCUT2D eigenvalue weighted by Crippen LogP contribution is -2.48. The largest absolute Gasteiger partial charge is 0.385 e. The van der Waals surface area contributed by atoms with Gasteiger partial charge >= 0.3 is 0 Å². The molecule has 2 fully saturated rings. The van der Waals surface area contributed by atoms with Crippen molar-refractivity contribution in [1.82, 2.24) is 19.1 Å². The SMILES string of the molecule is C=C(/C=C\C=C/C)[C@H]1CC[C@H](C)N(Cc2cc(F)c(C3(O)CCC(n4cnnc4)CC3)cc2F)S1(=O)=O. The third-order valence-corrected chi connectivity index (χ3v) is 10.1. The molecule has 2 heterocycles. The molecule has 2 aromatic rings. The van der Waals surface area contributed by atoms with Gasteiger partial charge in [-0.1, -0.05) is 30.9 Å². The molecule has 1 N–H and O–H groups in total. The number of aliphatic hydroxyl groups is 1. The smallest absolute Gasteiger partial charge is 0.221 e. The standard InChI is InChI=1S/C27H34F2N4O3S/c1-4-5-6-7-19(2)26-9-8-20(3)33(37(26,35)36)16-21-14-25(29)23(15-24(21)28)27(34)12-10-22(11-13-27)32-17-30-31-18-32/h4-7,14-15,17-18,20,22,26,34H,2,8-13,16H2,1,3H3/b5-4-,7-6-/t20-,22?,26+,27?/m0/s1. The van der Waals surface area contributed by atoms with Gasteiger partial charge in [0.1, 0.15) is 29.5 Å². The molecule has 1 aliphatic carbocycles. The number of allylic oxidation sites excluding steroid dienone is 4. The number of sulfonamides is 1. The Balaban J connectivity index is 1.53.